The lowest BCUT2D eigenvalue weighted by Gasteiger charge is -2.15. The molecule has 4 heteroatoms. The quantitative estimate of drug-likeness (QED) is 0.183. The van der Waals surface area contributed by atoms with Gasteiger partial charge in [-0.25, -0.2) is 4.98 Å². The van der Waals surface area contributed by atoms with Crippen molar-refractivity contribution in [3.8, 4) is 50.5 Å². The number of hydrogen-bond donors (Lipinski definition) is 0. The number of hydrogen-bond acceptors (Lipinski definition) is 2. The summed E-state index contributed by atoms with van der Waals surface area (Å²) in [6, 6.07) is 57.9. The predicted molar refractivity (Wildman–Crippen MR) is 198 cm³/mol. The summed E-state index contributed by atoms with van der Waals surface area (Å²) in [4.78, 5) is 4.71. The zero-order chi connectivity index (χ0) is 31.3. The summed E-state index contributed by atoms with van der Waals surface area (Å²) in [6.45, 7) is 0. The first-order chi connectivity index (χ1) is 23.2. The normalized spacial score (nSPS) is 11.5. The Morgan fingerprint density at radius 2 is 1.06 bits per heavy atom. The summed E-state index contributed by atoms with van der Waals surface area (Å²) in [5, 5.41) is 2.49. The highest BCUT2D eigenvalue weighted by atomic mass is 79.9. The molecule has 0 atom stereocenters. The van der Waals surface area contributed by atoms with Gasteiger partial charge in [-0.2, -0.15) is 0 Å². The third-order valence-corrected chi connectivity index (χ3v) is 9.43. The van der Waals surface area contributed by atoms with Gasteiger partial charge in [0.05, 0.1) is 11.0 Å². The number of fused-ring (bicyclic) bond motifs is 4. The molecule has 0 saturated carbocycles. The lowest BCUT2D eigenvalue weighted by atomic mass is 9.89. The molecule has 2 heterocycles. The van der Waals surface area contributed by atoms with E-state index in [2.05, 4.69) is 166 Å². The lowest BCUT2D eigenvalue weighted by molar-refractivity contribution is 0.619. The number of oxazole rings is 1. The van der Waals surface area contributed by atoms with Crippen LogP contribution in [-0.4, -0.2) is 9.55 Å². The molecule has 0 unspecified atom stereocenters. The minimum Gasteiger partial charge on any atom is -0.436 e. The van der Waals surface area contributed by atoms with Gasteiger partial charge in [0, 0.05) is 26.5 Å². The first-order valence-corrected chi connectivity index (χ1v) is 16.4. The first kappa shape index (κ1) is 27.6. The van der Waals surface area contributed by atoms with Crippen LogP contribution in [0.15, 0.2) is 173 Å². The Labute approximate surface area is 280 Å². The maximum atomic E-state index is 6.08. The Morgan fingerprint density at radius 1 is 0.468 bits per heavy atom. The molecule has 9 rings (SSSR count). The second-order valence-corrected chi connectivity index (χ2v) is 12.6. The van der Waals surface area contributed by atoms with Crippen LogP contribution in [0.25, 0.3) is 83.4 Å². The summed E-state index contributed by atoms with van der Waals surface area (Å²) in [5.41, 5.74) is 13.2. The molecule has 0 fully saturated rings. The van der Waals surface area contributed by atoms with Gasteiger partial charge < -0.3 is 8.98 Å². The molecular formula is C43H27BrN2O. The zero-order valence-corrected chi connectivity index (χ0v) is 26.9. The standard InChI is InChI=1S/C43H27BrN2O/c44-31-23-24-39-42(27-31)47-43(45-39)29-20-18-28(19-21-29)33-12-4-6-14-35(33)36-15-7-5-13-34(36)30-22-25-41-38(26-30)37-16-8-9-17-40(37)46(41)32-10-2-1-3-11-32/h1-27H. The Bertz CT molecular complexity index is 2580. The minimum absolute atomic E-state index is 0.618. The molecule has 0 spiro atoms. The van der Waals surface area contributed by atoms with Crippen molar-refractivity contribution in [2.24, 2.45) is 0 Å². The average molecular weight is 668 g/mol. The van der Waals surface area contributed by atoms with Gasteiger partial charge in [-0.3, -0.25) is 0 Å². The molecule has 0 amide bonds. The molecule has 0 aliphatic heterocycles. The molecule has 0 N–H and O–H groups in total. The van der Waals surface area contributed by atoms with E-state index in [9.17, 15) is 0 Å². The smallest absolute Gasteiger partial charge is 0.227 e. The largest absolute Gasteiger partial charge is 0.436 e. The highest BCUT2D eigenvalue weighted by molar-refractivity contribution is 9.10. The lowest BCUT2D eigenvalue weighted by Crippen LogP contribution is -1.93. The van der Waals surface area contributed by atoms with E-state index in [1.165, 1.54) is 49.6 Å². The molecule has 0 saturated heterocycles. The van der Waals surface area contributed by atoms with Crippen LogP contribution in [0.4, 0.5) is 0 Å². The van der Waals surface area contributed by atoms with Crippen molar-refractivity contribution >= 4 is 48.8 Å². The Morgan fingerprint density at radius 3 is 1.83 bits per heavy atom. The molecule has 3 nitrogen and oxygen atoms in total. The SMILES string of the molecule is Brc1ccc2nc(-c3ccc(-c4ccccc4-c4ccccc4-c4ccc5c(c4)c4ccccc4n5-c4ccccc4)cc3)oc2c1. The van der Waals surface area contributed by atoms with Crippen molar-refractivity contribution in [3.05, 3.63) is 168 Å². The monoisotopic (exact) mass is 666 g/mol. The fraction of sp³-hybridized carbons (Fsp3) is 0. The van der Waals surface area contributed by atoms with E-state index in [4.69, 9.17) is 9.40 Å². The van der Waals surface area contributed by atoms with E-state index in [1.807, 2.05) is 18.2 Å². The molecule has 222 valence electrons. The average Bonchev–Trinajstić information content (AvgIpc) is 3.71. The number of rotatable bonds is 5. The molecule has 9 aromatic rings. The molecule has 0 bridgehead atoms. The van der Waals surface area contributed by atoms with Crippen LogP contribution in [0.3, 0.4) is 0 Å². The molecule has 7 aromatic carbocycles. The summed E-state index contributed by atoms with van der Waals surface area (Å²) in [5.74, 6) is 0.618. The van der Waals surface area contributed by atoms with E-state index in [1.54, 1.807) is 0 Å². The van der Waals surface area contributed by atoms with Gasteiger partial charge in [-0.05, 0) is 94.0 Å². The highest BCUT2D eigenvalue weighted by Gasteiger charge is 2.17. The van der Waals surface area contributed by atoms with Gasteiger partial charge in [-0.15, -0.1) is 0 Å². The number of nitrogens with zero attached hydrogens (tertiary/aromatic N) is 2. The first-order valence-electron chi connectivity index (χ1n) is 15.7. The Balaban J connectivity index is 1.14. The number of para-hydroxylation sites is 2. The molecule has 0 aliphatic carbocycles. The van der Waals surface area contributed by atoms with Crippen LogP contribution in [-0.2, 0) is 0 Å². The van der Waals surface area contributed by atoms with Gasteiger partial charge in [0.1, 0.15) is 5.52 Å². The Hall–Kier alpha value is -5.71. The highest BCUT2D eigenvalue weighted by Crippen LogP contribution is 2.41. The van der Waals surface area contributed by atoms with E-state index in [-0.39, 0.29) is 0 Å². The van der Waals surface area contributed by atoms with Crippen molar-refractivity contribution in [1.29, 1.82) is 0 Å². The topological polar surface area (TPSA) is 31.0 Å². The molecule has 0 aliphatic rings. The maximum absolute atomic E-state index is 6.08. The van der Waals surface area contributed by atoms with Crippen molar-refractivity contribution < 1.29 is 4.42 Å². The fourth-order valence-corrected chi connectivity index (χ4v) is 7.09. The third kappa shape index (κ3) is 4.77. The third-order valence-electron chi connectivity index (χ3n) is 8.94. The zero-order valence-electron chi connectivity index (χ0n) is 25.3. The summed E-state index contributed by atoms with van der Waals surface area (Å²) in [7, 11) is 0. The van der Waals surface area contributed by atoms with Gasteiger partial charge in [0.15, 0.2) is 5.58 Å². The second-order valence-electron chi connectivity index (χ2n) is 11.7. The molecular weight excluding hydrogens is 640 g/mol. The second kappa shape index (κ2) is 11.3. The van der Waals surface area contributed by atoms with Crippen LogP contribution >= 0.6 is 15.9 Å². The van der Waals surface area contributed by atoms with Gasteiger partial charge in [0.25, 0.3) is 0 Å². The van der Waals surface area contributed by atoms with E-state index in [0.29, 0.717) is 5.89 Å². The predicted octanol–water partition coefficient (Wildman–Crippen LogP) is 12.4. The minimum atomic E-state index is 0.618. The summed E-state index contributed by atoms with van der Waals surface area (Å²) >= 11 is 3.52. The maximum Gasteiger partial charge on any atom is 0.227 e. The summed E-state index contributed by atoms with van der Waals surface area (Å²) in [6.07, 6.45) is 0. The molecule has 2 aromatic heterocycles. The summed E-state index contributed by atoms with van der Waals surface area (Å²) < 4.78 is 9.41. The van der Waals surface area contributed by atoms with Crippen molar-refractivity contribution in [3.63, 3.8) is 0 Å². The molecule has 47 heavy (non-hydrogen) atoms. The van der Waals surface area contributed by atoms with E-state index < -0.39 is 0 Å². The van der Waals surface area contributed by atoms with Crippen molar-refractivity contribution in [2.75, 3.05) is 0 Å². The van der Waals surface area contributed by atoms with E-state index >= 15 is 0 Å². The van der Waals surface area contributed by atoms with Gasteiger partial charge in [0.2, 0.25) is 5.89 Å². The van der Waals surface area contributed by atoms with E-state index in [0.717, 1.165) is 32.4 Å². The van der Waals surface area contributed by atoms with Crippen LogP contribution in [0.5, 0.6) is 0 Å². The van der Waals surface area contributed by atoms with Gasteiger partial charge >= 0.3 is 0 Å². The van der Waals surface area contributed by atoms with Crippen molar-refractivity contribution in [1.82, 2.24) is 9.55 Å². The fourth-order valence-electron chi connectivity index (χ4n) is 6.75. The number of aromatic nitrogens is 2. The van der Waals surface area contributed by atoms with Crippen LogP contribution in [0.1, 0.15) is 0 Å². The van der Waals surface area contributed by atoms with Crippen LogP contribution in [0, 0.1) is 0 Å². The Kier molecular flexibility index (Phi) is 6.61. The molecule has 0 radical (unpaired) electrons. The van der Waals surface area contributed by atoms with Crippen LogP contribution in [0.2, 0.25) is 0 Å². The number of benzene rings is 7. The number of halogens is 1. The van der Waals surface area contributed by atoms with Crippen LogP contribution < -0.4 is 0 Å². The van der Waals surface area contributed by atoms with Crippen molar-refractivity contribution in [2.45, 2.75) is 0 Å². The van der Waals surface area contributed by atoms with Gasteiger partial charge in [-0.1, -0.05) is 119 Å².